The lowest BCUT2D eigenvalue weighted by molar-refractivity contribution is 0.173. The van der Waals surface area contributed by atoms with Crippen LogP contribution in [0, 0.1) is 23.7 Å². The highest BCUT2D eigenvalue weighted by Crippen LogP contribution is 2.04. The molecule has 0 spiro atoms. The van der Waals surface area contributed by atoms with Crippen molar-refractivity contribution in [1.29, 1.82) is 0 Å². The Kier molecular flexibility index (Phi) is 6.26. The molecule has 0 fully saturated rings. The molecule has 0 radical (unpaired) electrons. The minimum atomic E-state index is -1.33. The van der Waals surface area contributed by atoms with Crippen molar-refractivity contribution in [3.8, 4) is 23.7 Å². The lowest BCUT2D eigenvalue weighted by atomic mass is 10.1. The smallest absolute Gasteiger partial charge is 0.143 e. The van der Waals surface area contributed by atoms with Gasteiger partial charge in [0.2, 0.25) is 0 Å². The summed E-state index contributed by atoms with van der Waals surface area (Å²) in [6.45, 7) is 2.94. The van der Waals surface area contributed by atoms with E-state index in [0.717, 1.165) is 0 Å². The fourth-order valence-electron chi connectivity index (χ4n) is 0.644. The van der Waals surface area contributed by atoms with E-state index in [1.807, 2.05) is 0 Å². The summed E-state index contributed by atoms with van der Waals surface area (Å²) >= 11 is 10.6. The normalized spacial score (nSPS) is 18.1. The zero-order valence-corrected chi connectivity index (χ0v) is 10.5. The predicted molar refractivity (Wildman–Crippen MR) is 66.8 cm³/mol. The summed E-state index contributed by atoms with van der Waals surface area (Å²) in [6.07, 6.45) is 2.64. The van der Waals surface area contributed by atoms with Crippen LogP contribution in [0.1, 0.15) is 13.8 Å². The van der Waals surface area contributed by atoms with Gasteiger partial charge in [0.25, 0.3) is 0 Å². The number of hydrogen-bond acceptors (Lipinski definition) is 2. The number of rotatable bonds is 2. The molecule has 2 unspecified atom stereocenters. The molecule has 0 rings (SSSR count). The summed E-state index contributed by atoms with van der Waals surface area (Å²) in [6, 6.07) is 0. The van der Waals surface area contributed by atoms with Crippen LogP contribution in [0.4, 0.5) is 0 Å². The van der Waals surface area contributed by atoms with Crippen molar-refractivity contribution in [1.82, 2.24) is 0 Å². The molecule has 0 aliphatic rings. The van der Waals surface area contributed by atoms with Crippen molar-refractivity contribution in [2.24, 2.45) is 0 Å². The molecule has 2 N–H and O–H groups in total. The molecular formula is C12H12Cl2O2. The first-order valence-corrected chi connectivity index (χ1v) is 5.25. The highest BCUT2D eigenvalue weighted by molar-refractivity contribution is 6.25. The van der Waals surface area contributed by atoms with E-state index in [-0.39, 0.29) is 0 Å². The Morgan fingerprint density at radius 3 is 1.44 bits per heavy atom. The molecular weight excluding hydrogens is 247 g/mol. The predicted octanol–water partition coefficient (Wildman–Crippen LogP) is 2.00. The minimum Gasteiger partial charge on any atom is -0.374 e. The van der Waals surface area contributed by atoms with Crippen molar-refractivity contribution in [3.05, 3.63) is 23.2 Å². The molecule has 0 heterocycles. The molecule has 0 aliphatic heterocycles. The highest BCUT2D eigenvalue weighted by atomic mass is 35.5. The van der Waals surface area contributed by atoms with Crippen molar-refractivity contribution in [3.63, 3.8) is 0 Å². The van der Waals surface area contributed by atoms with Crippen LogP contribution >= 0.6 is 23.2 Å². The zero-order valence-electron chi connectivity index (χ0n) is 8.96. The summed E-state index contributed by atoms with van der Waals surface area (Å²) in [5.74, 6) is 9.77. The van der Waals surface area contributed by atoms with Gasteiger partial charge in [-0.1, -0.05) is 35.0 Å². The molecule has 0 amide bonds. The molecule has 0 saturated heterocycles. The number of hydrogen-bond donors (Lipinski definition) is 2. The van der Waals surface area contributed by atoms with Crippen LogP contribution in [-0.4, -0.2) is 21.4 Å². The van der Waals surface area contributed by atoms with Crippen LogP contribution in [0.3, 0.4) is 0 Å². The Labute approximate surface area is 106 Å². The van der Waals surface area contributed by atoms with Gasteiger partial charge in [0.15, 0.2) is 0 Å². The van der Waals surface area contributed by atoms with Crippen LogP contribution in [0.2, 0.25) is 0 Å². The molecule has 0 aliphatic carbocycles. The third-order valence-electron chi connectivity index (χ3n) is 1.47. The molecule has 16 heavy (non-hydrogen) atoms. The maximum Gasteiger partial charge on any atom is 0.143 e. The van der Waals surface area contributed by atoms with E-state index in [9.17, 15) is 10.2 Å². The fraction of sp³-hybridized carbons (Fsp3) is 0.333. The molecule has 0 aromatic carbocycles. The Morgan fingerprint density at radius 2 is 1.19 bits per heavy atom. The SMILES string of the molecule is CC(O)(C#CC#CC(C)(O)C=CCl)C=CCl. The fourth-order valence-corrected chi connectivity index (χ4v) is 1.13. The van der Waals surface area contributed by atoms with Crippen LogP contribution in [0.5, 0.6) is 0 Å². The van der Waals surface area contributed by atoms with Gasteiger partial charge >= 0.3 is 0 Å². The third-order valence-corrected chi connectivity index (χ3v) is 1.72. The summed E-state index contributed by atoms with van der Waals surface area (Å²) in [5, 5.41) is 19.1. The van der Waals surface area contributed by atoms with Crippen molar-refractivity contribution in [2.45, 2.75) is 25.0 Å². The first-order chi connectivity index (χ1) is 7.33. The Hall–Kier alpha value is -0.900. The maximum absolute atomic E-state index is 9.54. The first kappa shape index (κ1) is 15.1. The lowest BCUT2D eigenvalue weighted by Crippen LogP contribution is -2.17. The second-order valence-corrected chi connectivity index (χ2v) is 3.88. The van der Waals surface area contributed by atoms with Crippen molar-refractivity contribution < 1.29 is 10.2 Å². The number of halogens is 2. The second kappa shape index (κ2) is 6.63. The molecule has 0 saturated carbocycles. The van der Waals surface area contributed by atoms with Gasteiger partial charge in [-0.2, -0.15) is 0 Å². The molecule has 0 aromatic rings. The van der Waals surface area contributed by atoms with Gasteiger partial charge < -0.3 is 10.2 Å². The van der Waals surface area contributed by atoms with E-state index >= 15 is 0 Å². The third kappa shape index (κ3) is 7.40. The molecule has 0 aromatic heterocycles. The molecule has 0 bridgehead atoms. The summed E-state index contributed by atoms with van der Waals surface area (Å²) in [5.41, 5.74) is -0.307. The zero-order chi connectivity index (χ0) is 12.7. The monoisotopic (exact) mass is 258 g/mol. The van der Waals surface area contributed by atoms with Gasteiger partial charge in [-0.05, 0) is 37.8 Å². The summed E-state index contributed by atoms with van der Waals surface area (Å²) in [4.78, 5) is 0. The topological polar surface area (TPSA) is 40.5 Å². The standard InChI is InChI=1S/C12H12Cl2O2/c1-11(15,7-9-13)5-3-4-6-12(2,16)8-10-14/h7-10,15-16H,1-2H3. The first-order valence-electron chi connectivity index (χ1n) is 4.38. The average molecular weight is 259 g/mol. The van der Waals surface area contributed by atoms with Gasteiger partial charge in [-0.3, -0.25) is 0 Å². The van der Waals surface area contributed by atoms with Crippen molar-refractivity contribution in [2.75, 3.05) is 0 Å². The quantitative estimate of drug-likeness (QED) is 0.744. The molecule has 86 valence electrons. The Morgan fingerprint density at radius 1 is 0.875 bits per heavy atom. The van der Waals surface area contributed by atoms with Gasteiger partial charge in [-0.15, -0.1) is 0 Å². The summed E-state index contributed by atoms with van der Waals surface area (Å²) in [7, 11) is 0. The Balaban J connectivity index is 4.70. The van der Waals surface area contributed by atoms with Gasteiger partial charge in [0, 0.05) is 11.1 Å². The van der Waals surface area contributed by atoms with Crippen LogP contribution in [0.25, 0.3) is 0 Å². The minimum absolute atomic E-state index is 1.18. The largest absolute Gasteiger partial charge is 0.374 e. The van der Waals surface area contributed by atoms with E-state index in [0.29, 0.717) is 0 Å². The van der Waals surface area contributed by atoms with E-state index in [4.69, 9.17) is 23.2 Å². The van der Waals surface area contributed by atoms with Crippen molar-refractivity contribution >= 4 is 23.2 Å². The maximum atomic E-state index is 9.54. The highest BCUT2D eigenvalue weighted by Gasteiger charge is 2.11. The molecule has 4 heteroatoms. The van der Waals surface area contributed by atoms with E-state index < -0.39 is 11.2 Å². The molecule has 2 atom stereocenters. The van der Waals surface area contributed by atoms with Gasteiger partial charge in [-0.25, -0.2) is 0 Å². The van der Waals surface area contributed by atoms with Gasteiger partial charge in [0.1, 0.15) is 11.2 Å². The summed E-state index contributed by atoms with van der Waals surface area (Å²) < 4.78 is 0. The average Bonchev–Trinajstić information content (AvgIpc) is 2.12. The lowest BCUT2D eigenvalue weighted by Gasteiger charge is -2.08. The van der Waals surface area contributed by atoms with Crippen LogP contribution in [0.15, 0.2) is 23.2 Å². The molecule has 2 nitrogen and oxygen atoms in total. The van der Waals surface area contributed by atoms with E-state index in [1.165, 1.54) is 37.1 Å². The van der Waals surface area contributed by atoms with E-state index in [1.54, 1.807) is 0 Å². The van der Waals surface area contributed by atoms with Gasteiger partial charge in [0.05, 0.1) is 0 Å². The van der Waals surface area contributed by atoms with E-state index in [2.05, 4.69) is 23.7 Å². The Bertz CT molecular complexity index is 358. The number of aliphatic hydroxyl groups is 2. The second-order valence-electron chi connectivity index (χ2n) is 3.38. The van der Waals surface area contributed by atoms with Crippen LogP contribution in [-0.2, 0) is 0 Å². The van der Waals surface area contributed by atoms with Crippen LogP contribution < -0.4 is 0 Å².